The molecule has 1 amide bonds. The van der Waals surface area contributed by atoms with Gasteiger partial charge in [-0.3, -0.25) is 4.79 Å². The van der Waals surface area contributed by atoms with Gasteiger partial charge >= 0.3 is 0 Å². The van der Waals surface area contributed by atoms with Crippen LogP contribution in [-0.2, 0) is 0 Å². The van der Waals surface area contributed by atoms with Gasteiger partial charge in [0, 0.05) is 18.7 Å². The summed E-state index contributed by atoms with van der Waals surface area (Å²) in [4.78, 5) is 13.9. The molecule has 1 aliphatic rings. The lowest BCUT2D eigenvalue weighted by molar-refractivity contribution is 0.101. The van der Waals surface area contributed by atoms with E-state index in [2.05, 4.69) is 4.74 Å². The van der Waals surface area contributed by atoms with E-state index in [9.17, 15) is 26.7 Å². The van der Waals surface area contributed by atoms with E-state index in [4.69, 9.17) is 0 Å². The fraction of sp³-hybridized carbons (Fsp3) is 0.316. The van der Waals surface area contributed by atoms with Crippen LogP contribution in [0, 0.1) is 36.0 Å². The Morgan fingerprint density at radius 2 is 1.64 bits per heavy atom. The molecule has 0 aromatic heterocycles. The lowest BCUT2D eigenvalue weighted by atomic mass is 10.0. The number of hydrogen-bond donors (Lipinski definition) is 1. The van der Waals surface area contributed by atoms with Gasteiger partial charge in [-0.25, -0.2) is 22.0 Å². The fourth-order valence-electron chi connectivity index (χ4n) is 3.28. The zero-order chi connectivity index (χ0) is 20.6. The van der Waals surface area contributed by atoms with Gasteiger partial charge in [0.25, 0.3) is 5.91 Å². The maximum Gasteiger partial charge on any atom is 0.261 e. The highest BCUT2D eigenvalue weighted by atomic mass is 19.2. The van der Waals surface area contributed by atoms with E-state index in [1.54, 1.807) is 0 Å². The maximum atomic E-state index is 14.7. The van der Waals surface area contributed by atoms with Gasteiger partial charge in [0.1, 0.15) is 11.4 Å². The molecule has 1 N–H and O–H groups in total. The van der Waals surface area contributed by atoms with Gasteiger partial charge in [0.15, 0.2) is 29.0 Å². The number of nitrogens with zero attached hydrogens (tertiary/aromatic N) is 1. The number of ether oxygens (including phenoxy) is 1. The van der Waals surface area contributed by atoms with Crippen LogP contribution in [0.15, 0.2) is 12.1 Å². The minimum Gasteiger partial charge on any atom is -0.491 e. The summed E-state index contributed by atoms with van der Waals surface area (Å²) in [6.45, 7) is 2.13. The Morgan fingerprint density at radius 3 is 2.25 bits per heavy atom. The fourth-order valence-corrected chi connectivity index (χ4v) is 3.28. The Kier molecular flexibility index (Phi) is 5.44. The third kappa shape index (κ3) is 3.25. The molecule has 0 radical (unpaired) electrons. The van der Waals surface area contributed by atoms with E-state index in [1.165, 1.54) is 11.8 Å². The molecule has 0 aliphatic carbocycles. The van der Waals surface area contributed by atoms with Gasteiger partial charge in [-0.2, -0.15) is 0 Å². The minimum absolute atomic E-state index is 0.219. The zero-order valence-corrected chi connectivity index (χ0v) is 15.1. The molecule has 1 aliphatic heterocycles. The molecule has 2 aromatic carbocycles. The predicted octanol–water partition coefficient (Wildman–Crippen LogP) is 4.55. The van der Waals surface area contributed by atoms with Crippen molar-refractivity contribution in [1.82, 2.24) is 0 Å². The summed E-state index contributed by atoms with van der Waals surface area (Å²) in [5, 5.41) is 1.93. The van der Waals surface area contributed by atoms with Crippen molar-refractivity contribution in [2.75, 3.05) is 30.4 Å². The first-order valence-corrected chi connectivity index (χ1v) is 8.53. The summed E-state index contributed by atoms with van der Waals surface area (Å²) in [5.41, 5.74) is -2.19. The van der Waals surface area contributed by atoms with Crippen LogP contribution in [0.5, 0.6) is 5.75 Å². The molecular formula is C19H17F5N2O2. The number of halogens is 5. The van der Waals surface area contributed by atoms with Gasteiger partial charge in [0.05, 0.1) is 18.5 Å². The van der Waals surface area contributed by atoms with E-state index in [0.717, 1.165) is 32.1 Å². The Morgan fingerprint density at radius 1 is 1.00 bits per heavy atom. The second kappa shape index (κ2) is 7.65. The normalized spacial score (nSPS) is 13.8. The first kappa shape index (κ1) is 19.9. The predicted molar refractivity (Wildman–Crippen MR) is 93.4 cm³/mol. The monoisotopic (exact) mass is 400 g/mol. The van der Waals surface area contributed by atoms with Crippen LogP contribution in [0.25, 0.3) is 0 Å². The van der Waals surface area contributed by atoms with E-state index in [-0.39, 0.29) is 11.3 Å². The number of amides is 1. The summed E-state index contributed by atoms with van der Waals surface area (Å²) in [6.07, 6.45) is 1.52. The SMILES string of the molecule is COc1c(F)ccc(NC(=O)c2c(F)c(C)c(N3CCCC3)c(F)c2F)c1F. The first-order valence-electron chi connectivity index (χ1n) is 8.53. The number of carbonyl (C=O) groups excluding carboxylic acids is 1. The van der Waals surface area contributed by atoms with Crippen molar-refractivity contribution in [3.8, 4) is 5.75 Å². The van der Waals surface area contributed by atoms with Gasteiger partial charge in [0.2, 0.25) is 0 Å². The van der Waals surface area contributed by atoms with Crippen molar-refractivity contribution in [1.29, 1.82) is 0 Å². The molecule has 3 rings (SSSR count). The van der Waals surface area contributed by atoms with E-state index < -0.39 is 52.0 Å². The largest absolute Gasteiger partial charge is 0.491 e. The van der Waals surface area contributed by atoms with Gasteiger partial charge in [-0.15, -0.1) is 0 Å². The Hall–Kier alpha value is -2.84. The first-order chi connectivity index (χ1) is 13.3. The molecule has 0 bridgehead atoms. The second-order valence-electron chi connectivity index (χ2n) is 6.38. The number of rotatable bonds is 4. The van der Waals surface area contributed by atoms with Crippen LogP contribution in [0.3, 0.4) is 0 Å². The topological polar surface area (TPSA) is 41.6 Å². The molecule has 4 nitrogen and oxygen atoms in total. The average molecular weight is 400 g/mol. The number of anilines is 2. The summed E-state index contributed by atoms with van der Waals surface area (Å²) < 4.78 is 76.1. The molecule has 1 fully saturated rings. The minimum atomic E-state index is -1.67. The second-order valence-corrected chi connectivity index (χ2v) is 6.38. The van der Waals surface area contributed by atoms with E-state index in [1.807, 2.05) is 5.32 Å². The van der Waals surface area contributed by atoms with Crippen LogP contribution >= 0.6 is 0 Å². The number of methoxy groups -OCH3 is 1. The van der Waals surface area contributed by atoms with Gasteiger partial charge in [-0.1, -0.05) is 0 Å². The van der Waals surface area contributed by atoms with Crippen LogP contribution in [-0.4, -0.2) is 26.1 Å². The quantitative estimate of drug-likeness (QED) is 0.605. The van der Waals surface area contributed by atoms with Crippen molar-refractivity contribution in [3.05, 3.63) is 52.3 Å². The highest BCUT2D eigenvalue weighted by Gasteiger charge is 2.31. The molecule has 1 heterocycles. The summed E-state index contributed by atoms with van der Waals surface area (Å²) >= 11 is 0. The number of hydrogen-bond acceptors (Lipinski definition) is 3. The summed E-state index contributed by atoms with van der Waals surface area (Å²) in [7, 11) is 1.02. The molecule has 0 atom stereocenters. The number of benzene rings is 2. The van der Waals surface area contributed by atoms with Crippen LogP contribution in [0.2, 0.25) is 0 Å². The third-order valence-electron chi connectivity index (χ3n) is 4.67. The van der Waals surface area contributed by atoms with Crippen LogP contribution in [0.1, 0.15) is 28.8 Å². The van der Waals surface area contributed by atoms with E-state index >= 15 is 0 Å². The van der Waals surface area contributed by atoms with Crippen molar-refractivity contribution in [2.45, 2.75) is 19.8 Å². The lowest BCUT2D eigenvalue weighted by Crippen LogP contribution is -2.25. The van der Waals surface area contributed by atoms with Crippen LogP contribution in [0.4, 0.5) is 33.3 Å². The molecule has 9 heteroatoms. The molecule has 0 saturated carbocycles. The molecule has 1 saturated heterocycles. The van der Waals surface area contributed by atoms with Crippen LogP contribution < -0.4 is 15.0 Å². The molecular weight excluding hydrogens is 383 g/mol. The summed E-state index contributed by atoms with van der Waals surface area (Å²) in [5.74, 6) is -8.72. The van der Waals surface area contributed by atoms with Crippen molar-refractivity contribution >= 4 is 17.3 Å². The third-order valence-corrected chi connectivity index (χ3v) is 4.67. The zero-order valence-electron chi connectivity index (χ0n) is 15.1. The molecule has 28 heavy (non-hydrogen) atoms. The van der Waals surface area contributed by atoms with Crippen molar-refractivity contribution in [3.63, 3.8) is 0 Å². The average Bonchev–Trinajstić information content (AvgIpc) is 3.17. The van der Waals surface area contributed by atoms with E-state index in [0.29, 0.717) is 13.1 Å². The molecule has 0 unspecified atom stereocenters. The standard InChI is InChI=1S/C19H17F5N2O2/c1-9-13(21)12(15(23)16(24)17(9)26-7-3-4-8-26)19(27)25-11-6-5-10(20)18(28-2)14(11)22/h5-6H,3-4,7-8H2,1-2H3,(H,25,27). The smallest absolute Gasteiger partial charge is 0.261 e. The number of nitrogens with one attached hydrogen (secondary N) is 1. The summed E-state index contributed by atoms with van der Waals surface area (Å²) in [6, 6.07) is 1.68. The molecule has 150 valence electrons. The molecule has 2 aromatic rings. The highest BCUT2D eigenvalue weighted by Crippen LogP contribution is 2.34. The lowest BCUT2D eigenvalue weighted by Gasteiger charge is -2.22. The molecule has 0 spiro atoms. The Labute approximate surface area is 157 Å². The maximum absolute atomic E-state index is 14.7. The highest BCUT2D eigenvalue weighted by molar-refractivity contribution is 6.05. The van der Waals surface area contributed by atoms with Gasteiger partial charge < -0.3 is 15.0 Å². The number of carbonyl (C=O) groups is 1. The van der Waals surface area contributed by atoms with Crippen molar-refractivity contribution in [2.24, 2.45) is 0 Å². The van der Waals surface area contributed by atoms with Gasteiger partial charge in [-0.05, 0) is 31.9 Å². The Bertz CT molecular complexity index is 914. The van der Waals surface area contributed by atoms with Crippen molar-refractivity contribution < 1.29 is 31.5 Å². The Balaban J connectivity index is 2.01.